The van der Waals surface area contributed by atoms with Gasteiger partial charge in [-0.15, -0.1) is 0 Å². The fourth-order valence-corrected chi connectivity index (χ4v) is 4.92. The molecule has 19 heavy (non-hydrogen) atoms. The number of sulfonamides is 1. The molecule has 2 rings (SSSR count). The molecule has 1 heterocycles. The molecular formula is C14H20BrNO2S. The van der Waals surface area contributed by atoms with E-state index in [2.05, 4.69) is 22.9 Å². The zero-order chi connectivity index (χ0) is 14.2. The van der Waals surface area contributed by atoms with E-state index < -0.39 is 10.0 Å². The van der Waals surface area contributed by atoms with Crippen LogP contribution in [-0.4, -0.2) is 25.8 Å². The Morgan fingerprint density at radius 3 is 2.58 bits per heavy atom. The minimum atomic E-state index is -3.36. The molecule has 0 spiro atoms. The van der Waals surface area contributed by atoms with Crippen LogP contribution >= 0.6 is 15.9 Å². The summed E-state index contributed by atoms with van der Waals surface area (Å²) in [6, 6.07) is 3.66. The van der Waals surface area contributed by atoms with E-state index in [0.29, 0.717) is 23.9 Å². The number of nitrogens with zero attached hydrogens (tertiary/aromatic N) is 1. The van der Waals surface area contributed by atoms with Crippen LogP contribution in [0.15, 0.2) is 21.5 Å². The quantitative estimate of drug-likeness (QED) is 0.822. The van der Waals surface area contributed by atoms with Crippen molar-refractivity contribution in [2.24, 2.45) is 5.92 Å². The average Bonchev–Trinajstić information content (AvgIpc) is 2.33. The molecule has 0 bridgehead atoms. The van der Waals surface area contributed by atoms with E-state index in [1.54, 1.807) is 10.4 Å². The number of piperidine rings is 1. The Kier molecular flexibility index (Phi) is 4.38. The van der Waals surface area contributed by atoms with Crippen molar-refractivity contribution in [3.63, 3.8) is 0 Å². The molecule has 1 atom stereocenters. The maximum atomic E-state index is 12.7. The summed E-state index contributed by atoms with van der Waals surface area (Å²) >= 11 is 3.43. The minimum Gasteiger partial charge on any atom is -0.207 e. The standard InChI is InChI=1S/C14H20BrNO2S/c1-10-5-4-6-16(9-10)19(17,18)14-8-13(15)11(2)7-12(14)3/h7-8,10H,4-6,9H2,1-3H3/t10-/m1/s1. The maximum Gasteiger partial charge on any atom is 0.243 e. The van der Waals surface area contributed by atoms with Gasteiger partial charge in [0, 0.05) is 17.6 Å². The van der Waals surface area contributed by atoms with Gasteiger partial charge in [0.1, 0.15) is 0 Å². The molecule has 1 aliphatic heterocycles. The van der Waals surface area contributed by atoms with Gasteiger partial charge in [-0.25, -0.2) is 8.42 Å². The predicted molar refractivity (Wildman–Crippen MR) is 80.8 cm³/mol. The highest BCUT2D eigenvalue weighted by Crippen LogP contribution is 2.29. The molecule has 1 aromatic rings. The summed E-state index contributed by atoms with van der Waals surface area (Å²) < 4.78 is 27.9. The molecule has 0 aliphatic carbocycles. The van der Waals surface area contributed by atoms with Gasteiger partial charge < -0.3 is 0 Å². The summed E-state index contributed by atoms with van der Waals surface area (Å²) in [5.41, 5.74) is 1.88. The third kappa shape index (κ3) is 3.03. The molecule has 0 aromatic heterocycles. The SMILES string of the molecule is Cc1cc(C)c(S(=O)(=O)N2CCC[C@@H](C)C2)cc1Br. The van der Waals surface area contributed by atoms with Gasteiger partial charge in [0.05, 0.1) is 4.90 Å². The summed E-state index contributed by atoms with van der Waals surface area (Å²) in [6.07, 6.45) is 2.06. The predicted octanol–water partition coefficient (Wildman–Crippen LogP) is 3.49. The Morgan fingerprint density at radius 1 is 1.26 bits per heavy atom. The average molecular weight is 346 g/mol. The summed E-state index contributed by atoms with van der Waals surface area (Å²) in [5, 5.41) is 0. The van der Waals surface area contributed by atoms with Crippen molar-refractivity contribution in [2.45, 2.75) is 38.5 Å². The fraction of sp³-hybridized carbons (Fsp3) is 0.571. The first-order chi connectivity index (χ1) is 8.82. The lowest BCUT2D eigenvalue weighted by atomic mass is 10.0. The third-order valence-electron chi connectivity index (χ3n) is 3.69. The molecule has 0 unspecified atom stereocenters. The molecule has 106 valence electrons. The van der Waals surface area contributed by atoms with Gasteiger partial charge >= 0.3 is 0 Å². The van der Waals surface area contributed by atoms with Crippen molar-refractivity contribution in [3.05, 3.63) is 27.7 Å². The first kappa shape index (κ1) is 15.0. The Bertz CT molecular complexity index is 583. The van der Waals surface area contributed by atoms with Crippen LogP contribution in [0.1, 0.15) is 30.9 Å². The van der Waals surface area contributed by atoms with Gasteiger partial charge in [-0.1, -0.05) is 28.9 Å². The van der Waals surface area contributed by atoms with Crippen LogP contribution in [0.4, 0.5) is 0 Å². The van der Waals surface area contributed by atoms with Crippen LogP contribution < -0.4 is 0 Å². The first-order valence-electron chi connectivity index (χ1n) is 6.59. The second kappa shape index (κ2) is 5.54. The Balaban J connectivity index is 2.42. The van der Waals surface area contributed by atoms with Gasteiger partial charge in [-0.3, -0.25) is 0 Å². The maximum absolute atomic E-state index is 12.7. The molecule has 3 nitrogen and oxygen atoms in total. The highest BCUT2D eigenvalue weighted by atomic mass is 79.9. The van der Waals surface area contributed by atoms with E-state index in [4.69, 9.17) is 0 Å². The van der Waals surface area contributed by atoms with Gasteiger partial charge in [0.2, 0.25) is 10.0 Å². The summed E-state index contributed by atoms with van der Waals surface area (Å²) in [5.74, 6) is 0.442. The zero-order valence-corrected chi connectivity index (χ0v) is 14.0. The second-order valence-electron chi connectivity index (χ2n) is 5.48. The number of aryl methyl sites for hydroxylation is 2. The van der Waals surface area contributed by atoms with E-state index in [1.807, 2.05) is 19.9 Å². The third-order valence-corrected chi connectivity index (χ3v) is 6.56. The zero-order valence-electron chi connectivity index (χ0n) is 11.6. The Hall–Kier alpha value is -0.390. The lowest BCUT2D eigenvalue weighted by molar-refractivity contribution is 0.281. The molecular weight excluding hydrogens is 326 g/mol. The minimum absolute atomic E-state index is 0.430. The molecule has 0 amide bonds. The monoisotopic (exact) mass is 345 g/mol. The molecule has 1 aromatic carbocycles. The molecule has 5 heteroatoms. The van der Waals surface area contributed by atoms with Crippen molar-refractivity contribution < 1.29 is 8.42 Å². The molecule has 1 fully saturated rings. The lowest BCUT2D eigenvalue weighted by Crippen LogP contribution is -2.39. The molecule has 0 saturated carbocycles. The summed E-state index contributed by atoms with van der Waals surface area (Å²) in [7, 11) is -3.36. The largest absolute Gasteiger partial charge is 0.243 e. The van der Waals surface area contributed by atoms with Crippen LogP contribution in [0, 0.1) is 19.8 Å². The number of rotatable bonds is 2. The van der Waals surface area contributed by atoms with Crippen LogP contribution in [0.5, 0.6) is 0 Å². The van der Waals surface area contributed by atoms with Gasteiger partial charge in [0.25, 0.3) is 0 Å². The van der Waals surface area contributed by atoms with Crippen molar-refractivity contribution in [1.29, 1.82) is 0 Å². The Labute approximate surface area is 124 Å². The first-order valence-corrected chi connectivity index (χ1v) is 8.82. The van der Waals surface area contributed by atoms with Crippen LogP contribution in [-0.2, 0) is 10.0 Å². The van der Waals surface area contributed by atoms with Crippen molar-refractivity contribution in [1.82, 2.24) is 4.31 Å². The smallest absolute Gasteiger partial charge is 0.207 e. The highest BCUT2D eigenvalue weighted by Gasteiger charge is 2.30. The summed E-state index contributed by atoms with van der Waals surface area (Å²) in [4.78, 5) is 0.430. The van der Waals surface area contributed by atoms with E-state index >= 15 is 0 Å². The van der Waals surface area contributed by atoms with Crippen LogP contribution in [0.3, 0.4) is 0 Å². The molecule has 1 saturated heterocycles. The van der Waals surface area contributed by atoms with Crippen LogP contribution in [0.25, 0.3) is 0 Å². The van der Waals surface area contributed by atoms with Gasteiger partial charge in [-0.2, -0.15) is 4.31 Å². The van der Waals surface area contributed by atoms with Crippen molar-refractivity contribution in [3.8, 4) is 0 Å². The van der Waals surface area contributed by atoms with Gasteiger partial charge in [0.15, 0.2) is 0 Å². The van der Waals surface area contributed by atoms with Gasteiger partial charge in [-0.05, 0) is 49.8 Å². The number of halogens is 1. The van der Waals surface area contributed by atoms with E-state index in [0.717, 1.165) is 28.4 Å². The number of benzene rings is 1. The molecule has 0 radical (unpaired) electrons. The second-order valence-corrected chi connectivity index (χ2v) is 8.24. The topological polar surface area (TPSA) is 37.4 Å². The normalized spacial score (nSPS) is 21.6. The van der Waals surface area contributed by atoms with Crippen molar-refractivity contribution in [2.75, 3.05) is 13.1 Å². The van der Waals surface area contributed by atoms with E-state index in [9.17, 15) is 8.42 Å². The van der Waals surface area contributed by atoms with E-state index in [1.165, 1.54) is 0 Å². The Morgan fingerprint density at radius 2 is 1.95 bits per heavy atom. The van der Waals surface area contributed by atoms with Crippen LogP contribution in [0.2, 0.25) is 0 Å². The van der Waals surface area contributed by atoms with Crippen molar-refractivity contribution >= 4 is 26.0 Å². The highest BCUT2D eigenvalue weighted by molar-refractivity contribution is 9.10. The van der Waals surface area contributed by atoms with E-state index in [-0.39, 0.29) is 0 Å². The fourth-order valence-electron chi connectivity index (χ4n) is 2.59. The summed E-state index contributed by atoms with van der Waals surface area (Å²) in [6.45, 7) is 7.21. The molecule has 0 N–H and O–H groups in total. The lowest BCUT2D eigenvalue weighted by Gasteiger charge is -2.30. The molecule has 1 aliphatic rings. The number of hydrogen-bond donors (Lipinski definition) is 0. The number of hydrogen-bond acceptors (Lipinski definition) is 2.